The average molecular weight is 458 g/mol. The van der Waals surface area contributed by atoms with E-state index < -0.39 is 6.04 Å². The lowest BCUT2D eigenvalue weighted by molar-refractivity contribution is -0.0180. The van der Waals surface area contributed by atoms with E-state index in [1.54, 1.807) is 31.5 Å². The van der Waals surface area contributed by atoms with Crippen LogP contribution in [0, 0.1) is 18.3 Å². The Hall–Kier alpha value is -3.77. The largest absolute Gasteiger partial charge is 0.375 e. The molecule has 2 saturated heterocycles. The monoisotopic (exact) mass is 457 g/mol. The first kappa shape index (κ1) is 22.0. The SMILES string of the molecule is Cc1cnc(Nc2cnn(C3CC4CCC(C3)O4)c2)nc1-c1ccc(C(=O)N[C@@H](C)C#N)cc1. The van der Waals surface area contributed by atoms with Gasteiger partial charge >= 0.3 is 0 Å². The molecule has 34 heavy (non-hydrogen) atoms. The number of ether oxygens (including phenoxy) is 1. The minimum atomic E-state index is -0.546. The van der Waals surface area contributed by atoms with Gasteiger partial charge in [0.1, 0.15) is 6.04 Å². The van der Waals surface area contributed by atoms with E-state index in [0.717, 1.165) is 48.2 Å². The highest BCUT2D eigenvalue weighted by molar-refractivity contribution is 5.95. The number of aromatic nitrogens is 4. The summed E-state index contributed by atoms with van der Waals surface area (Å²) in [5.41, 5.74) is 3.91. The van der Waals surface area contributed by atoms with Gasteiger partial charge in [-0.25, -0.2) is 9.97 Å². The molecule has 1 aromatic carbocycles. The lowest BCUT2D eigenvalue weighted by Crippen LogP contribution is -2.31. The second-order valence-corrected chi connectivity index (χ2v) is 9.04. The van der Waals surface area contributed by atoms with E-state index in [9.17, 15) is 4.79 Å². The number of fused-ring (bicyclic) bond motifs is 2. The fraction of sp³-hybridized carbons (Fsp3) is 0.400. The molecule has 4 heterocycles. The minimum Gasteiger partial charge on any atom is -0.375 e. The zero-order valence-electron chi connectivity index (χ0n) is 19.2. The van der Waals surface area contributed by atoms with Crippen LogP contribution in [0.1, 0.15) is 54.6 Å². The Bertz CT molecular complexity index is 1220. The predicted octanol–water partition coefficient (Wildman–Crippen LogP) is 3.92. The summed E-state index contributed by atoms with van der Waals surface area (Å²) in [4.78, 5) is 21.4. The molecular weight excluding hydrogens is 430 g/mol. The number of hydrogen-bond donors (Lipinski definition) is 2. The third-order valence-corrected chi connectivity index (χ3v) is 6.43. The van der Waals surface area contributed by atoms with Crippen LogP contribution in [-0.4, -0.2) is 43.9 Å². The van der Waals surface area contributed by atoms with E-state index in [-0.39, 0.29) is 5.91 Å². The van der Waals surface area contributed by atoms with Crippen molar-refractivity contribution < 1.29 is 9.53 Å². The van der Waals surface area contributed by atoms with Gasteiger partial charge in [-0.15, -0.1) is 0 Å². The summed E-state index contributed by atoms with van der Waals surface area (Å²) < 4.78 is 7.98. The normalized spacial score (nSPS) is 22.1. The molecule has 2 aromatic heterocycles. The van der Waals surface area contributed by atoms with Gasteiger partial charge in [-0.2, -0.15) is 10.4 Å². The van der Waals surface area contributed by atoms with Crippen LogP contribution in [0.15, 0.2) is 42.9 Å². The highest BCUT2D eigenvalue weighted by Gasteiger charge is 2.36. The number of hydrogen-bond acceptors (Lipinski definition) is 7. The molecule has 174 valence electrons. The Morgan fingerprint density at radius 2 is 1.94 bits per heavy atom. The van der Waals surface area contributed by atoms with E-state index in [1.165, 1.54) is 0 Å². The van der Waals surface area contributed by atoms with Gasteiger partial charge in [0.05, 0.1) is 41.9 Å². The number of amides is 1. The zero-order valence-corrected chi connectivity index (χ0v) is 19.2. The van der Waals surface area contributed by atoms with E-state index in [1.807, 2.05) is 36.0 Å². The first-order chi connectivity index (χ1) is 16.5. The second kappa shape index (κ2) is 9.23. The number of nitrogens with zero attached hydrogens (tertiary/aromatic N) is 5. The first-order valence-corrected chi connectivity index (χ1v) is 11.6. The molecule has 0 spiro atoms. The third kappa shape index (κ3) is 4.63. The van der Waals surface area contributed by atoms with Gasteiger partial charge in [0.2, 0.25) is 5.95 Å². The van der Waals surface area contributed by atoms with E-state index in [2.05, 4.69) is 20.7 Å². The maximum absolute atomic E-state index is 12.2. The van der Waals surface area contributed by atoms with Crippen molar-refractivity contribution >= 4 is 17.5 Å². The Labute approximate surface area is 198 Å². The second-order valence-electron chi connectivity index (χ2n) is 9.04. The average Bonchev–Trinajstić information content (AvgIpc) is 3.45. The van der Waals surface area contributed by atoms with E-state index >= 15 is 0 Å². The van der Waals surface area contributed by atoms with Gasteiger partial charge in [-0.05, 0) is 57.2 Å². The molecule has 2 unspecified atom stereocenters. The standard InChI is InChI=1S/C25H27N7O2/c1-15-12-27-25(30-19-13-28-32(14-19)20-9-21-7-8-22(10-20)34-21)31-23(15)17-3-5-18(6-4-17)24(33)29-16(2)11-26/h3-6,12-14,16,20-22H,7-10H2,1-2H3,(H,29,33)(H,27,30,31)/t16-,20?,21?,22?/m0/s1. The van der Waals surface area contributed by atoms with Gasteiger partial charge in [-0.1, -0.05) is 12.1 Å². The molecule has 3 atom stereocenters. The molecule has 3 aromatic rings. The summed E-state index contributed by atoms with van der Waals surface area (Å²) in [5, 5.41) is 19.4. The molecule has 5 rings (SSSR count). The summed E-state index contributed by atoms with van der Waals surface area (Å²) in [6.07, 6.45) is 10.6. The van der Waals surface area contributed by atoms with Crippen LogP contribution >= 0.6 is 0 Å². The highest BCUT2D eigenvalue weighted by Crippen LogP contribution is 2.38. The van der Waals surface area contributed by atoms with Crippen LogP contribution in [0.3, 0.4) is 0 Å². The number of nitriles is 1. The van der Waals surface area contributed by atoms with Crippen LogP contribution in [0.2, 0.25) is 0 Å². The summed E-state index contributed by atoms with van der Waals surface area (Å²) in [7, 11) is 0. The van der Waals surface area contributed by atoms with E-state index in [4.69, 9.17) is 15.0 Å². The smallest absolute Gasteiger partial charge is 0.252 e. The molecule has 0 aliphatic carbocycles. The van der Waals surface area contributed by atoms with Crippen molar-refractivity contribution in [2.24, 2.45) is 0 Å². The predicted molar refractivity (Wildman–Crippen MR) is 126 cm³/mol. The summed E-state index contributed by atoms with van der Waals surface area (Å²) in [6.45, 7) is 3.59. The summed E-state index contributed by atoms with van der Waals surface area (Å²) in [5.74, 6) is 0.203. The van der Waals surface area contributed by atoms with Gasteiger partial charge in [0, 0.05) is 23.5 Å². The highest BCUT2D eigenvalue weighted by atomic mass is 16.5. The maximum atomic E-state index is 12.2. The molecule has 9 nitrogen and oxygen atoms in total. The molecule has 0 radical (unpaired) electrons. The van der Waals surface area contributed by atoms with E-state index in [0.29, 0.717) is 29.8 Å². The molecule has 2 bridgehead atoms. The van der Waals surface area contributed by atoms with Crippen molar-refractivity contribution in [3.63, 3.8) is 0 Å². The van der Waals surface area contributed by atoms with Crippen molar-refractivity contribution in [1.82, 2.24) is 25.1 Å². The van der Waals surface area contributed by atoms with Crippen molar-refractivity contribution in [3.8, 4) is 17.3 Å². The maximum Gasteiger partial charge on any atom is 0.252 e. The fourth-order valence-corrected chi connectivity index (χ4v) is 4.66. The lowest BCUT2D eigenvalue weighted by Gasteiger charge is -2.28. The van der Waals surface area contributed by atoms with Gasteiger partial charge in [0.25, 0.3) is 5.91 Å². The Balaban J connectivity index is 1.29. The Morgan fingerprint density at radius 1 is 1.21 bits per heavy atom. The quantitative estimate of drug-likeness (QED) is 0.576. The molecular formula is C25H27N7O2. The van der Waals surface area contributed by atoms with Crippen LogP contribution in [0.5, 0.6) is 0 Å². The number of anilines is 2. The number of aryl methyl sites for hydroxylation is 1. The molecule has 0 saturated carbocycles. The number of carbonyl (C=O) groups is 1. The van der Waals surface area contributed by atoms with Crippen molar-refractivity contribution in [2.75, 3.05) is 5.32 Å². The molecule has 9 heteroatoms. The van der Waals surface area contributed by atoms with Gasteiger partial charge in [0.15, 0.2) is 0 Å². The fourth-order valence-electron chi connectivity index (χ4n) is 4.66. The molecule has 2 aliphatic heterocycles. The first-order valence-electron chi connectivity index (χ1n) is 11.6. The van der Waals surface area contributed by atoms with Crippen LogP contribution in [0.25, 0.3) is 11.3 Å². The molecule has 1 amide bonds. The Morgan fingerprint density at radius 3 is 2.65 bits per heavy atom. The van der Waals surface area contributed by atoms with Crippen LogP contribution < -0.4 is 10.6 Å². The van der Waals surface area contributed by atoms with Gasteiger partial charge < -0.3 is 15.4 Å². The van der Waals surface area contributed by atoms with Crippen molar-refractivity contribution in [1.29, 1.82) is 5.26 Å². The van der Waals surface area contributed by atoms with Crippen LogP contribution in [-0.2, 0) is 4.74 Å². The number of nitrogens with one attached hydrogen (secondary N) is 2. The number of rotatable bonds is 6. The van der Waals surface area contributed by atoms with Gasteiger partial charge in [-0.3, -0.25) is 9.48 Å². The molecule has 2 aliphatic rings. The number of benzene rings is 1. The van der Waals surface area contributed by atoms with Crippen molar-refractivity contribution in [2.45, 2.75) is 63.8 Å². The zero-order chi connectivity index (χ0) is 23.7. The lowest BCUT2D eigenvalue weighted by atomic mass is 10.0. The third-order valence-electron chi connectivity index (χ3n) is 6.43. The molecule has 2 N–H and O–H groups in total. The van der Waals surface area contributed by atoms with Crippen LogP contribution in [0.4, 0.5) is 11.6 Å². The summed E-state index contributed by atoms with van der Waals surface area (Å²) >= 11 is 0. The Kier molecular flexibility index (Phi) is 5.99. The molecule has 2 fully saturated rings. The summed E-state index contributed by atoms with van der Waals surface area (Å²) in [6, 6.07) is 8.97. The number of carbonyl (C=O) groups excluding carboxylic acids is 1. The topological polar surface area (TPSA) is 118 Å². The minimum absolute atomic E-state index is 0.281. The van der Waals surface area contributed by atoms with Crippen molar-refractivity contribution in [3.05, 3.63) is 54.0 Å².